The first-order valence-corrected chi connectivity index (χ1v) is 8.98. The highest BCUT2D eigenvalue weighted by Crippen LogP contribution is 2.29. The van der Waals surface area contributed by atoms with Gasteiger partial charge in [0, 0.05) is 25.1 Å². The van der Waals surface area contributed by atoms with Crippen LogP contribution in [-0.2, 0) is 7.05 Å². The molecule has 1 aromatic heterocycles. The molecule has 1 saturated heterocycles. The largest absolute Gasteiger partial charge is 0.310 e. The van der Waals surface area contributed by atoms with Crippen LogP contribution >= 0.6 is 0 Å². The second-order valence-corrected chi connectivity index (χ2v) is 6.68. The van der Waals surface area contributed by atoms with Crippen LogP contribution in [0.3, 0.4) is 0 Å². The van der Waals surface area contributed by atoms with Gasteiger partial charge in [-0.15, -0.1) is 10.2 Å². The van der Waals surface area contributed by atoms with Crippen molar-refractivity contribution in [1.29, 1.82) is 5.26 Å². The molecule has 6 nitrogen and oxygen atoms in total. The maximum atomic E-state index is 13.2. The van der Waals surface area contributed by atoms with E-state index in [0.717, 1.165) is 11.1 Å². The van der Waals surface area contributed by atoms with Crippen molar-refractivity contribution in [3.8, 4) is 17.5 Å². The molecule has 0 amide bonds. The molecule has 0 radical (unpaired) electrons. The van der Waals surface area contributed by atoms with Crippen molar-refractivity contribution in [3.63, 3.8) is 0 Å². The molecular formula is C21H19FN6. The van der Waals surface area contributed by atoms with E-state index in [1.165, 1.54) is 12.1 Å². The molecule has 7 heteroatoms. The highest BCUT2D eigenvalue weighted by Gasteiger charge is 2.28. The summed E-state index contributed by atoms with van der Waals surface area (Å²) < 4.78 is 15.1. The number of allylic oxidation sites excluding steroid dienone is 1. The first-order valence-electron chi connectivity index (χ1n) is 8.98. The van der Waals surface area contributed by atoms with E-state index in [9.17, 15) is 9.65 Å². The number of hydrazine groups is 1. The molecule has 28 heavy (non-hydrogen) atoms. The summed E-state index contributed by atoms with van der Waals surface area (Å²) in [4.78, 5) is 0. The molecular weight excluding hydrogens is 355 g/mol. The zero-order valence-corrected chi connectivity index (χ0v) is 15.3. The Balaban J connectivity index is 1.65. The van der Waals surface area contributed by atoms with Crippen LogP contribution in [0.4, 0.5) is 4.39 Å². The van der Waals surface area contributed by atoms with Gasteiger partial charge < -0.3 is 4.57 Å². The minimum atomic E-state index is -0.271. The normalized spacial score (nSPS) is 19.5. The number of benzene rings is 2. The summed E-state index contributed by atoms with van der Waals surface area (Å²) in [5.41, 5.74) is 8.67. The van der Waals surface area contributed by atoms with Crippen molar-refractivity contribution >= 4 is 5.57 Å². The topological polar surface area (TPSA) is 78.6 Å². The third kappa shape index (κ3) is 3.43. The van der Waals surface area contributed by atoms with Crippen LogP contribution in [0.15, 0.2) is 60.7 Å². The summed E-state index contributed by atoms with van der Waals surface area (Å²) in [6, 6.07) is 18.3. The molecule has 1 aliphatic heterocycles. The van der Waals surface area contributed by atoms with Gasteiger partial charge in [-0.3, -0.25) is 5.43 Å². The predicted molar refractivity (Wildman–Crippen MR) is 104 cm³/mol. The maximum Gasteiger partial charge on any atom is 0.174 e. The van der Waals surface area contributed by atoms with E-state index in [0.29, 0.717) is 23.8 Å². The van der Waals surface area contributed by atoms with Crippen LogP contribution in [0.25, 0.3) is 17.0 Å². The van der Waals surface area contributed by atoms with Gasteiger partial charge in [-0.1, -0.05) is 48.5 Å². The van der Waals surface area contributed by atoms with E-state index < -0.39 is 0 Å². The number of rotatable bonds is 4. The van der Waals surface area contributed by atoms with Crippen LogP contribution < -0.4 is 10.9 Å². The van der Waals surface area contributed by atoms with E-state index in [1.807, 2.05) is 48.0 Å². The minimum absolute atomic E-state index is 0.0111. The molecule has 2 heterocycles. The van der Waals surface area contributed by atoms with Gasteiger partial charge in [-0.25, -0.2) is 9.82 Å². The van der Waals surface area contributed by atoms with Gasteiger partial charge in [0.2, 0.25) is 0 Å². The lowest BCUT2D eigenvalue weighted by molar-refractivity contribution is 0.538. The third-order valence-corrected chi connectivity index (χ3v) is 4.90. The minimum Gasteiger partial charge on any atom is -0.310 e. The van der Waals surface area contributed by atoms with Gasteiger partial charge in [0.1, 0.15) is 11.9 Å². The Morgan fingerprint density at radius 1 is 1.18 bits per heavy atom. The SMILES string of the molecule is Cn1c(/C(C#N)=C/C2CNNC2c2ccc(F)cc2)nnc1-c1ccccc1. The number of aromatic nitrogens is 3. The van der Waals surface area contributed by atoms with Crippen molar-refractivity contribution in [2.45, 2.75) is 6.04 Å². The maximum absolute atomic E-state index is 13.2. The van der Waals surface area contributed by atoms with E-state index in [4.69, 9.17) is 0 Å². The summed E-state index contributed by atoms with van der Waals surface area (Å²) in [5, 5.41) is 18.3. The average molecular weight is 374 g/mol. The van der Waals surface area contributed by atoms with Crippen molar-refractivity contribution in [1.82, 2.24) is 25.6 Å². The van der Waals surface area contributed by atoms with Gasteiger partial charge in [0.05, 0.1) is 11.6 Å². The van der Waals surface area contributed by atoms with Crippen LogP contribution in [0.2, 0.25) is 0 Å². The fourth-order valence-corrected chi connectivity index (χ4v) is 3.45. The number of nitrogens with zero attached hydrogens (tertiary/aromatic N) is 4. The fraction of sp³-hybridized carbons (Fsp3) is 0.190. The summed E-state index contributed by atoms with van der Waals surface area (Å²) in [5.74, 6) is 0.963. The van der Waals surface area contributed by atoms with Gasteiger partial charge in [0.15, 0.2) is 11.6 Å². The molecule has 2 N–H and O–H groups in total. The fourth-order valence-electron chi connectivity index (χ4n) is 3.45. The van der Waals surface area contributed by atoms with E-state index >= 15 is 0 Å². The Labute approximate surface area is 162 Å². The van der Waals surface area contributed by atoms with Crippen LogP contribution in [0.1, 0.15) is 17.4 Å². The standard InChI is InChI=1S/C21H19FN6/c1-28-20(15-5-3-2-4-6-15)26-27-21(28)16(12-23)11-17-13-24-25-19(17)14-7-9-18(22)10-8-14/h2-11,17,19,24-25H,13H2,1H3/b16-11+. The summed E-state index contributed by atoms with van der Waals surface area (Å²) >= 11 is 0. The van der Waals surface area contributed by atoms with Crippen LogP contribution in [-0.4, -0.2) is 21.3 Å². The lowest BCUT2D eigenvalue weighted by Crippen LogP contribution is -2.24. The van der Waals surface area contributed by atoms with Crippen molar-refractivity contribution in [3.05, 3.63) is 77.9 Å². The lowest BCUT2D eigenvalue weighted by Gasteiger charge is -2.16. The van der Waals surface area contributed by atoms with Gasteiger partial charge in [0.25, 0.3) is 0 Å². The Kier molecular flexibility index (Phi) is 4.98. The molecule has 0 bridgehead atoms. The van der Waals surface area contributed by atoms with Crippen LogP contribution in [0.5, 0.6) is 0 Å². The average Bonchev–Trinajstić information content (AvgIpc) is 3.34. The Morgan fingerprint density at radius 2 is 1.93 bits per heavy atom. The third-order valence-electron chi connectivity index (χ3n) is 4.90. The van der Waals surface area contributed by atoms with Crippen molar-refractivity contribution in [2.75, 3.05) is 6.54 Å². The highest BCUT2D eigenvalue weighted by molar-refractivity contribution is 5.74. The summed E-state index contributed by atoms with van der Waals surface area (Å²) in [6.07, 6.45) is 1.90. The molecule has 0 aliphatic carbocycles. The van der Waals surface area contributed by atoms with Gasteiger partial charge in [-0.2, -0.15) is 5.26 Å². The predicted octanol–water partition coefficient (Wildman–Crippen LogP) is 2.99. The van der Waals surface area contributed by atoms with E-state index in [1.54, 1.807) is 12.1 Å². The van der Waals surface area contributed by atoms with Crippen molar-refractivity contribution in [2.24, 2.45) is 13.0 Å². The molecule has 3 aromatic rings. The highest BCUT2D eigenvalue weighted by atomic mass is 19.1. The first-order chi connectivity index (χ1) is 13.7. The van der Waals surface area contributed by atoms with Crippen molar-refractivity contribution < 1.29 is 4.39 Å². The number of hydrogen-bond acceptors (Lipinski definition) is 5. The zero-order valence-electron chi connectivity index (χ0n) is 15.3. The molecule has 2 aromatic carbocycles. The molecule has 2 atom stereocenters. The second kappa shape index (κ2) is 7.72. The molecule has 2 unspecified atom stereocenters. The second-order valence-electron chi connectivity index (χ2n) is 6.68. The lowest BCUT2D eigenvalue weighted by atomic mass is 9.93. The summed E-state index contributed by atoms with van der Waals surface area (Å²) in [6.45, 7) is 0.649. The first kappa shape index (κ1) is 18.0. The molecule has 1 aliphatic rings. The quantitative estimate of drug-likeness (QED) is 0.687. The smallest absolute Gasteiger partial charge is 0.174 e. The Hall–Kier alpha value is -3.34. The number of nitrogens with one attached hydrogen (secondary N) is 2. The molecule has 0 saturated carbocycles. The number of nitriles is 1. The molecule has 4 rings (SSSR count). The molecule has 140 valence electrons. The summed E-state index contributed by atoms with van der Waals surface area (Å²) in [7, 11) is 1.85. The molecule has 0 spiro atoms. The van der Waals surface area contributed by atoms with E-state index in [2.05, 4.69) is 27.1 Å². The molecule has 1 fully saturated rings. The Morgan fingerprint density at radius 3 is 2.64 bits per heavy atom. The van der Waals surface area contributed by atoms with Crippen LogP contribution in [0, 0.1) is 23.1 Å². The monoisotopic (exact) mass is 374 g/mol. The van der Waals surface area contributed by atoms with Gasteiger partial charge >= 0.3 is 0 Å². The van der Waals surface area contributed by atoms with E-state index in [-0.39, 0.29) is 17.8 Å². The Bertz CT molecular complexity index is 1030. The van der Waals surface area contributed by atoms with Gasteiger partial charge in [-0.05, 0) is 17.7 Å². The number of hydrogen-bond donors (Lipinski definition) is 2. The zero-order chi connectivity index (χ0) is 19.5. The number of halogens is 1.